The van der Waals surface area contributed by atoms with Gasteiger partial charge in [-0.15, -0.1) is 0 Å². The fraction of sp³-hybridized carbons (Fsp3) is 0.350. The van der Waals surface area contributed by atoms with Gasteiger partial charge in [0.25, 0.3) is 17.4 Å². The van der Waals surface area contributed by atoms with Crippen molar-refractivity contribution in [1.29, 1.82) is 0 Å². The molecule has 8 nitrogen and oxygen atoms in total. The maximum absolute atomic E-state index is 12.7. The van der Waals surface area contributed by atoms with Crippen LogP contribution in [-0.4, -0.2) is 47.8 Å². The number of carbonyl (C=O) groups is 2. The van der Waals surface area contributed by atoms with E-state index in [1.807, 2.05) is 6.07 Å². The molecule has 1 aliphatic carbocycles. The van der Waals surface area contributed by atoms with E-state index in [0.29, 0.717) is 5.75 Å². The van der Waals surface area contributed by atoms with Gasteiger partial charge < -0.3 is 25.0 Å². The van der Waals surface area contributed by atoms with Gasteiger partial charge in [0.05, 0.1) is 18.7 Å². The Morgan fingerprint density at radius 2 is 2.04 bits per heavy atom. The van der Waals surface area contributed by atoms with Crippen LogP contribution in [0.15, 0.2) is 41.3 Å². The molecule has 0 radical (unpaired) electrons. The highest BCUT2D eigenvalue weighted by atomic mass is 16.5. The summed E-state index contributed by atoms with van der Waals surface area (Å²) in [5.74, 6) is -0.282. The minimum atomic E-state index is -0.542. The molecular formula is C20H23N3O5. The molecule has 1 fully saturated rings. The quantitative estimate of drug-likeness (QED) is 0.614. The summed E-state index contributed by atoms with van der Waals surface area (Å²) in [7, 11) is 1.44. The second kappa shape index (κ2) is 8.71. The molecule has 0 atom stereocenters. The highest BCUT2D eigenvalue weighted by molar-refractivity contribution is 5.99. The Morgan fingerprint density at radius 1 is 1.25 bits per heavy atom. The summed E-state index contributed by atoms with van der Waals surface area (Å²) < 4.78 is 6.73. The lowest BCUT2D eigenvalue weighted by molar-refractivity contribution is 0.0950. The Hall–Kier alpha value is -3.13. The van der Waals surface area contributed by atoms with E-state index >= 15 is 0 Å². The largest absolute Gasteiger partial charge is 0.491 e. The average molecular weight is 385 g/mol. The average Bonchev–Trinajstić information content (AvgIpc) is 3.51. The first-order valence-corrected chi connectivity index (χ1v) is 9.12. The number of aliphatic hydroxyl groups is 1. The number of ether oxygens (including phenoxy) is 1. The smallest absolute Gasteiger partial charge is 0.263 e. The maximum Gasteiger partial charge on any atom is 0.263 e. The molecule has 1 aliphatic rings. The Bertz CT molecular complexity index is 934. The van der Waals surface area contributed by atoms with Crippen molar-refractivity contribution in [2.45, 2.75) is 25.4 Å². The first-order valence-electron chi connectivity index (χ1n) is 9.12. The third-order valence-corrected chi connectivity index (χ3v) is 4.34. The Kier molecular flexibility index (Phi) is 6.10. The third kappa shape index (κ3) is 4.77. The van der Waals surface area contributed by atoms with Crippen molar-refractivity contribution in [2.24, 2.45) is 0 Å². The number of carbonyl (C=O) groups excluding carboxylic acids is 2. The second-order valence-corrected chi connectivity index (χ2v) is 6.62. The van der Waals surface area contributed by atoms with Gasteiger partial charge in [-0.05, 0) is 36.6 Å². The topological polar surface area (TPSA) is 110 Å². The van der Waals surface area contributed by atoms with E-state index < -0.39 is 11.5 Å². The lowest BCUT2D eigenvalue weighted by Gasteiger charge is -2.12. The number of pyridine rings is 1. The lowest BCUT2D eigenvalue weighted by Crippen LogP contribution is -2.34. The van der Waals surface area contributed by atoms with Gasteiger partial charge in [0.2, 0.25) is 0 Å². The molecule has 8 heteroatoms. The van der Waals surface area contributed by atoms with E-state index in [-0.39, 0.29) is 42.8 Å². The van der Waals surface area contributed by atoms with Gasteiger partial charge in [0.1, 0.15) is 17.9 Å². The zero-order valence-electron chi connectivity index (χ0n) is 15.6. The zero-order chi connectivity index (χ0) is 20.1. The number of hydrogen-bond acceptors (Lipinski definition) is 5. The number of amides is 2. The summed E-state index contributed by atoms with van der Waals surface area (Å²) in [5, 5.41) is 14.2. The van der Waals surface area contributed by atoms with Crippen molar-refractivity contribution in [3.8, 4) is 5.75 Å². The van der Waals surface area contributed by atoms with Crippen molar-refractivity contribution in [1.82, 2.24) is 15.2 Å². The first kappa shape index (κ1) is 19.6. The van der Waals surface area contributed by atoms with Crippen LogP contribution in [0.4, 0.5) is 0 Å². The number of nitrogens with zero attached hydrogens (tertiary/aromatic N) is 1. The van der Waals surface area contributed by atoms with E-state index in [0.717, 1.165) is 18.4 Å². The van der Waals surface area contributed by atoms with Crippen LogP contribution in [0.1, 0.15) is 39.1 Å². The molecule has 1 aromatic heterocycles. The molecule has 3 N–H and O–H groups in total. The number of rotatable bonds is 8. The van der Waals surface area contributed by atoms with E-state index in [4.69, 9.17) is 9.84 Å². The molecule has 0 spiro atoms. The third-order valence-electron chi connectivity index (χ3n) is 4.34. The maximum atomic E-state index is 12.7. The highest BCUT2D eigenvalue weighted by Gasteiger charge is 2.25. The fourth-order valence-electron chi connectivity index (χ4n) is 2.76. The molecular weight excluding hydrogens is 362 g/mol. The van der Waals surface area contributed by atoms with Crippen LogP contribution in [0.25, 0.3) is 0 Å². The first-order chi connectivity index (χ1) is 13.5. The van der Waals surface area contributed by atoms with Crippen LogP contribution in [0.2, 0.25) is 0 Å². The summed E-state index contributed by atoms with van der Waals surface area (Å²) >= 11 is 0. The Labute approximate surface area is 162 Å². The normalized spacial score (nSPS) is 13.1. The molecule has 2 aromatic rings. The molecule has 148 valence electrons. The lowest BCUT2D eigenvalue weighted by atomic mass is 10.1. The number of benzene rings is 1. The predicted molar refractivity (Wildman–Crippen MR) is 103 cm³/mol. The summed E-state index contributed by atoms with van der Waals surface area (Å²) in [6.07, 6.45) is 3.34. The molecule has 0 saturated heterocycles. The molecule has 0 aliphatic heterocycles. The summed E-state index contributed by atoms with van der Waals surface area (Å²) in [4.78, 5) is 37.3. The van der Waals surface area contributed by atoms with Gasteiger partial charge in [0.15, 0.2) is 0 Å². The van der Waals surface area contributed by atoms with E-state index in [9.17, 15) is 14.4 Å². The monoisotopic (exact) mass is 385 g/mol. The van der Waals surface area contributed by atoms with Gasteiger partial charge in [-0.3, -0.25) is 14.4 Å². The van der Waals surface area contributed by atoms with Crippen molar-refractivity contribution in [3.05, 3.63) is 63.6 Å². The molecule has 0 unspecified atom stereocenters. The Balaban J connectivity index is 1.93. The van der Waals surface area contributed by atoms with Crippen LogP contribution in [0.3, 0.4) is 0 Å². The number of aromatic nitrogens is 1. The van der Waals surface area contributed by atoms with Gasteiger partial charge in [-0.1, -0.05) is 12.1 Å². The van der Waals surface area contributed by atoms with Crippen LogP contribution in [-0.2, 0) is 6.54 Å². The molecule has 1 heterocycles. The number of nitrogens with one attached hydrogen (secondary N) is 2. The molecule has 2 amide bonds. The van der Waals surface area contributed by atoms with Crippen molar-refractivity contribution in [3.63, 3.8) is 0 Å². The predicted octanol–water partition coefficient (Wildman–Crippen LogP) is 0.519. The molecule has 3 rings (SSSR count). The van der Waals surface area contributed by atoms with Gasteiger partial charge in [-0.25, -0.2) is 0 Å². The van der Waals surface area contributed by atoms with E-state index in [1.54, 1.807) is 18.2 Å². The van der Waals surface area contributed by atoms with Crippen LogP contribution in [0.5, 0.6) is 5.75 Å². The molecule has 1 saturated carbocycles. The van der Waals surface area contributed by atoms with Crippen LogP contribution >= 0.6 is 0 Å². The van der Waals surface area contributed by atoms with Crippen molar-refractivity contribution < 1.29 is 19.4 Å². The highest BCUT2D eigenvalue weighted by Crippen LogP contribution is 2.19. The number of aliphatic hydroxyl groups excluding tert-OH is 1. The fourth-order valence-corrected chi connectivity index (χ4v) is 2.76. The molecule has 1 aromatic carbocycles. The van der Waals surface area contributed by atoms with Crippen LogP contribution < -0.4 is 20.9 Å². The minimum absolute atomic E-state index is 0.0846. The minimum Gasteiger partial charge on any atom is -0.491 e. The SMILES string of the molecule is CNC(=O)c1cc(C(=O)NC2CC2)cn(Cc2cccc(OCCO)c2)c1=O. The summed E-state index contributed by atoms with van der Waals surface area (Å²) in [6.45, 7) is 0.238. The second-order valence-electron chi connectivity index (χ2n) is 6.62. The van der Waals surface area contributed by atoms with Gasteiger partial charge in [-0.2, -0.15) is 0 Å². The standard InChI is InChI=1S/C20H23N3O5/c1-21-19(26)17-10-14(18(25)22-15-5-6-15)12-23(20(17)27)11-13-3-2-4-16(9-13)28-8-7-24/h2-4,9-10,12,15,24H,5-8,11H2,1H3,(H,21,26)(H,22,25). The van der Waals surface area contributed by atoms with Gasteiger partial charge >= 0.3 is 0 Å². The molecule has 0 bridgehead atoms. The van der Waals surface area contributed by atoms with E-state index in [2.05, 4.69) is 10.6 Å². The number of hydrogen-bond donors (Lipinski definition) is 3. The summed E-state index contributed by atoms with van der Waals surface area (Å²) in [5.41, 5.74) is 0.459. The molecule has 28 heavy (non-hydrogen) atoms. The van der Waals surface area contributed by atoms with Gasteiger partial charge in [0, 0.05) is 19.3 Å². The Morgan fingerprint density at radius 3 is 2.71 bits per heavy atom. The van der Waals surface area contributed by atoms with E-state index in [1.165, 1.54) is 23.9 Å². The van der Waals surface area contributed by atoms with Crippen molar-refractivity contribution in [2.75, 3.05) is 20.3 Å². The van der Waals surface area contributed by atoms with Crippen LogP contribution in [0, 0.1) is 0 Å². The zero-order valence-corrected chi connectivity index (χ0v) is 15.6. The summed E-state index contributed by atoms with van der Waals surface area (Å²) in [6, 6.07) is 8.58. The van der Waals surface area contributed by atoms with Crippen molar-refractivity contribution >= 4 is 11.8 Å².